The van der Waals surface area contributed by atoms with Crippen LogP contribution in [0.3, 0.4) is 0 Å². The zero-order chi connectivity index (χ0) is 22.7. The molecule has 32 heavy (non-hydrogen) atoms. The van der Waals surface area contributed by atoms with E-state index >= 15 is 0 Å². The first-order valence-electron chi connectivity index (χ1n) is 11.7. The molecule has 3 fully saturated rings. The third-order valence-electron chi connectivity index (χ3n) is 7.19. The number of piperazine rings is 1. The van der Waals surface area contributed by atoms with E-state index in [-0.39, 0.29) is 18.4 Å². The number of carbonyl (C=O) groups excluding carboxylic acids is 3. The standard InChI is InChI=1S/C24H35N5O3/c1-18-7-9-24(10-8-18)22(31)29(23(32)26-24)17-21(30)25-15-19-3-5-20(6-4-19)16-28-13-11-27(2)12-14-28/h3-6,18H,7-17H2,1-2H3,(H,25,30)(H,26,32). The largest absolute Gasteiger partial charge is 0.350 e. The monoisotopic (exact) mass is 441 g/mol. The van der Waals surface area contributed by atoms with Crippen LogP contribution in [0.25, 0.3) is 0 Å². The number of urea groups is 1. The Balaban J connectivity index is 1.24. The van der Waals surface area contributed by atoms with Crippen LogP contribution in [0.2, 0.25) is 0 Å². The third kappa shape index (κ3) is 5.13. The lowest BCUT2D eigenvalue weighted by molar-refractivity contribution is -0.136. The molecule has 1 saturated carbocycles. The predicted octanol–water partition coefficient (Wildman–Crippen LogP) is 1.55. The molecule has 1 spiro atoms. The van der Waals surface area contributed by atoms with E-state index in [1.165, 1.54) is 5.56 Å². The smallest absolute Gasteiger partial charge is 0.325 e. The Hall–Kier alpha value is -2.45. The van der Waals surface area contributed by atoms with Gasteiger partial charge in [-0.05, 0) is 49.8 Å². The Kier molecular flexibility index (Phi) is 6.81. The summed E-state index contributed by atoms with van der Waals surface area (Å²) in [5.41, 5.74) is 1.45. The molecule has 0 radical (unpaired) electrons. The second-order valence-corrected chi connectivity index (χ2v) is 9.76. The van der Waals surface area contributed by atoms with Crippen LogP contribution in [-0.4, -0.2) is 77.9 Å². The number of hydrogen-bond donors (Lipinski definition) is 2. The summed E-state index contributed by atoms with van der Waals surface area (Å²) in [7, 11) is 2.15. The summed E-state index contributed by atoms with van der Waals surface area (Å²) in [6, 6.07) is 7.80. The minimum atomic E-state index is -0.802. The highest BCUT2D eigenvalue weighted by Gasteiger charge is 2.52. The molecule has 1 aromatic carbocycles. The fraction of sp³-hybridized carbons (Fsp3) is 0.625. The summed E-state index contributed by atoms with van der Waals surface area (Å²) in [4.78, 5) is 43.6. The highest BCUT2D eigenvalue weighted by atomic mass is 16.2. The van der Waals surface area contributed by atoms with Gasteiger partial charge in [-0.2, -0.15) is 0 Å². The molecule has 2 aliphatic heterocycles. The number of benzene rings is 1. The molecule has 0 aromatic heterocycles. The first-order chi connectivity index (χ1) is 15.3. The van der Waals surface area contributed by atoms with Crippen LogP contribution < -0.4 is 10.6 Å². The zero-order valence-corrected chi connectivity index (χ0v) is 19.2. The zero-order valence-electron chi connectivity index (χ0n) is 19.2. The topological polar surface area (TPSA) is 85.0 Å². The molecule has 2 heterocycles. The molecular formula is C24H35N5O3. The molecule has 2 N–H and O–H groups in total. The van der Waals surface area contributed by atoms with Gasteiger partial charge in [0.2, 0.25) is 5.91 Å². The molecule has 0 atom stereocenters. The maximum absolute atomic E-state index is 12.9. The normalized spacial score (nSPS) is 27.1. The molecular weight excluding hydrogens is 406 g/mol. The first-order valence-corrected chi connectivity index (χ1v) is 11.7. The maximum Gasteiger partial charge on any atom is 0.325 e. The lowest BCUT2D eigenvalue weighted by Crippen LogP contribution is -2.49. The van der Waals surface area contributed by atoms with E-state index in [0.29, 0.717) is 25.3 Å². The van der Waals surface area contributed by atoms with Gasteiger partial charge >= 0.3 is 6.03 Å². The van der Waals surface area contributed by atoms with Crippen molar-refractivity contribution < 1.29 is 14.4 Å². The van der Waals surface area contributed by atoms with Gasteiger partial charge in [-0.3, -0.25) is 19.4 Å². The van der Waals surface area contributed by atoms with Crippen molar-refractivity contribution in [3.63, 3.8) is 0 Å². The first kappa shape index (κ1) is 22.7. The minimum absolute atomic E-state index is 0.233. The van der Waals surface area contributed by atoms with Crippen molar-refractivity contribution >= 4 is 17.8 Å². The molecule has 1 aliphatic carbocycles. The molecule has 1 aromatic rings. The van der Waals surface area contributed by atoms with Crippen molar-refractivity contribution in [2.45, 2.75) is 51.2 Å². The summed E-state index contributed by atoms with van der Waals surface area (Å²) in [6.45, 7) is 7.60. The van der Waals surface area contributed by atoms with Crippen LogP contribution in [0.4, 0.5) is 4.79 Å². The lowest BCUT2D eigenvalue weighted by Gasteiger charge is -2.33. The number of nitrogens with zero attached hydrogens (tertiary/aromatic N) is 3. The summed E-state index contributed by atoms with van der Waals surface area (Å²) in [5.74, 6) is -0.00956. The van der Waals surface area contributed by atoms with E-state index in [9.17, 15) is 14.4 Å². The number of hydrogen-bond acceptors (Lipinski definition) is 5. The van der Waals surface area contributed by atoms with Gasteiger partial charge < -0.3 is 15.5 Å². The second kappa shape index (κ2) is 9.58. The van der Waals surface area contributed by atoms with E-state index in [1.807, 2.05) is 12.1 Å². The Morgan fingerprint density at radius 1 is 1.06 bits per heavy atom. The summed E-state index contributed by atoms with van der Waals surface area (Å²) in [6.07, 6.45) is 3.13. The SMILES string of the molecule is CC1CCC2(CC1)NC(=O)N(CC(=O)NCc1ccc(CN3CCN(C)CC3)cc1)C2=O. The maximum atomic E-state index is 12.9. The van der Waals surface area contributed by atoms with E-state index in [1.54, 1.807) is 0 Å². The van der Waals surface area contributed by atoms with Crippen LogP contribution in [0.15, 0.2) is 24.3 Å². The highest BCUT2D eigenvalue weighted by Crippen LogP contribution is 2.36. The van der Waals surface area contributed by atoms with Crippen molar-refractivity contribution in [3.05, 3.63) is 35.4 Å². The molecule has 0 bridgehead atoms. The van der Waals surface area contributed by atoms with E-state index < -0.39 is 11.6 Å². The summed E-state index contributed by atoms with van der Waals surface area (Å²) >= 11 is 0. The Bertz CT molecular complexity index is 840. The number of rotatable bonds is 6. The van der Waals surface area contributed by atoms with E-state index in [4.69, 9.17) is 0 Å². The molecule has 8 nitrogen and oxygen atoms in total. The number of carbonyl (C=O) groups is 3. The fourth-order valence-electron chi connectivity index (χ4n) is 4.84. The number of likely N-dealkylation sites (N-methyl/N-ethyl adjacent to an activating group) is 1. The van der Waals surface area contributed by atoms with Crippen molar-refractivity contribution in [2.24, 2.45) is 5.92 Å². The fourth-order valence-corrected chi connectivity index (χ4v) is 4.84. The quantitative estimate of drug-likeness (QED) is 0.655. The van der Waals surface area contributed by atoms with Crippen LogP contribution in [0.1, 0.15) is 43.7 Å². The minimum Gasteiger partial charge on any atom is -0.350 e. The van der Waals surface area contributed by atoms with Crippen molar-refractivity contribution in [1.29, 1.82) is 0 Å². The van der Waals surface area contributed by atoms with Crippen molar-refractivity contribution in [3.8, 4) is 0 Å². The summed E-state index contributed by atoms with van der Waals surface area (Å²) in [5, 5.41) is 5.70. The van der Waals surface area contributed by atoms with Gasteiger partial charge in [0.05, 0.1) is 0 Å². The average Bonchev–Trinajstić information content (AvgIpc) is 3.01. The van der Waals surface area contributed by atoms with Gasteiger partial charge in [0.25, 0.3) is 5.91 Å². The number of nitrogens with one attached hydrogen (secondary N) is 2. The van der Waals surface area contributed by atoms with E-state index in [2.05, 4.69) is 46.5 Å². The highest BCUT2D eigenvalue weighted by molar-refractivity contribution is 6.09. The molecule has 0 unspecified atom stereocenters. The Morgan fingerprint density at radius 2 is 1.69 bits per heavy atom. The van der Waals surface area contributed by atoms with Gasteiger partial charge in [0.1, 0.15) is 12.1 Å². The van der Waals surface area contributed by atoms with Crippen LogP contribution >= 0.6 is 0 Å². The molecule has 8 heteroatoms. The van der Waals surface area contributed by atoms with Gasteiger partial charge in [-0.25, -0.2) is 4.79 Å². The second-order valence-electron chi connectivity index (χ2n) is 9.76. The van der Waals surface area contributed by atoms with Gasteiger partial charge in [0, 0.05) is 39.3 Å². The molecule has 4 rings (SSSR count). The lowest BCUT2D eigenvalue weighted by atomic mass is 9.77. The molecule has 2 saturated heterocycles. The number of imide groups is 1. The Labute approximate surface area is 190 Å². The van der Waals surface area contributed by atoms with Crippen LogP contribution in [0, 0.1) is 5.92 Å². The average molecular weight is 442 g/mol. The van der Waals surface area contributed by atoms with Crippen molar-refractivity contribution in [1.82, 2.24) is 25.3 Å². The molecule has 3 aliphatic rings. The van der Waals surface area contributed by atoms with Crippen LogP contribution in [-0.2, 0) is 22.7 Å². The molecule has 174 valence electrons. The summed E-state index contributed by atoms with van der Waals surface area (Å²) < 4.78 is 0. The third-order valence-corrected chi connectivity index (χ3v) is 7.19. The van der Waals surface area contributed by atoms with Gasteiger partial charge in [-0.15, -0.1) is 0 Å². The Morgan fingerprint density at radius 3 is 2.34 bits per heavy atom. The van der Waals surface area contributed by atoms with Gasteiger partial charge in [-0.1, -0.05) is 31.2 Å². The predicted molar refractivity (Wildman–Crippen MR) is 122 cm³/mol. The van der Waals surface area contributed by atoms with E-state index in [0.717, 1.165) is 56.0 Å². The number of amides is 4. The van der Waals surface area contributed by atoms with Crippen molar-refractivity contribution in [2.75, 3.05) is 39.8 Å². The van der Waals surface area contributed by atoms with Crippen LogP contribution in [0.5, 0.6) is 0 Å². The van der Waals surface area contributed by atoms with Gasteiger partial charge in [0.15, 0.2) is 0 Å². The molecule has 4 amide bonds.